The Balaban J connectivity index is 1.57. The van der Waals surface area contributed by atoms with Gasteiger partial charge >= 0.3 is 5.97 Å². The Morgan fingerprint density at radius 1 is 0.964 bits per heavy atom. The van der Waals surface area contributed by atoms with E-state index in [1.807, 2.05) is 0 Å². The van der Waals surface area contributed by atoms with E-state index in [2.05, 4.69) is 25.6 Å². The highest BCUT2D eigenvalue weighted by atomic mass is 79.9. The first-order chi connectivity index (χ1) is 13.4. The van der Waals surface area contributed by atoms with Gasteiger partial charge in [0, 0.05) is 21.8 Å². The summed E-state index contributed by atoms with van der Waals surface area (Å²) in [5.41, 5.74) is 1.45. The van der Waals surface area contributed by atoms with Crippen molar-refractivity contribution in [3.63, 3.8) is 0 Å². The fourth-order valence-electron chi connectivity index (χ4n) is 2.76. The third kappa shape index (κ3) is 3.56. The second kappa shape index (κ2) is 7.21. The van der Waals surface area contributed by atoms with Gasteiger partial charge in [0.1, 0.15) is 10.6 Å². The molecule has 8 heteroatoms. The van der Waals surface area contributed by atoms with Crippen molar-refractivity contribution in [2.75, 3.05) is 5.32 Å². The van der Waals surface area contributed by atoms with Gasteiger partial charge in [0.15, 0.2) is 5.84 Å². The van der Waals surface area contributed by atoms with Gasteiger partial charge in [-0.3, -0.25) is 0 Å². The number of anilines is 1. The van der Waals surface area contributed by atoms with E-state index < -0.39 is 16.0 Å². The van der Waals surface area contributed by atoms with Gasteiger partial charge in [-0.1, -0.05) is 30.3 Å². The molecule has 1 heterocycles. The van der Waals surface area contributed by atoms with Crippen LogP contribution in [0.5, 0.6) is 5.75 Å². The second-order valence-electron chi connectivity index (χ2n) is 5.93. The van der Waals surface area contributed by atoms with Gasteiger partial charge in [0.05, 0.1) is 5.56 Å². The molecule has 1 aliphatic heterocycles. The number of halogens is 1. The number of benzene rings is 3. The first-order valence-corrected chi connectivity index (χ1v) is 10.5. The van der Waals surface area contributed by atoms with Gasteiger partial charge in [-0.25, -0.2) is 4.79 Å². The molecule has 6 nitrogen and oxygen atoms in total. The first kappa shape index (κ1) is 18.4. The number of nitrogens with zero attached hydrogens (tertiary/aromatic N) is 1. The maximum atomic E-state index is 12.4. The van der Waals surface area contributed by atoms with Gasteiger partial charge in [-0.2, -0.15) is 8.42 Å². The summed E-state index contributed by atoms with van der Waals surface area (Å²) in [6.45, 7) is 0. The van der Waals surface area contributed by atoms with Crippen molar-refractivity contribution in [2.24, 2.45) is 4.40 Å². The number of hydrogen-bond donors (Lipinski definition) is 1. The predicted molar refractivity (Wildman–Crippen MR) is 109 cm³/mol. The van der Waals surface area contributed by atoms with E-state index in [9.17, 15) is 13.2 Å². The minimum absolute atomic E-state index is 0.161. The van der Waals surface area contributed by atoms with Crippen LogP contribution in [-0.4, -0.2) is 20.2 Å². The summed E-state index contributed by atoms with van der Waals surface area (Å²) in [6, 6.07) is 20.2. The van der Waals surface area contributed by atoms with Crippen molar-refractivity contribution >= 4 is 43.4 Å². The van der Waals surface area contributed by atoms with E-state index >= 15 is 0 Å². The molecule has 0 unspecified atom stereocenters. The number of carbonyl (C=O) groups excluding carboxylic acids is 1. The summed E-state index contributed by atoms with van der Waals surface area (Å²) in [6.07, 6.45) is 0. The highest BCUT2D eigenvalue weighted by Crippen LogP contribution is 2.28. The number of fused-ring (bicyclic) bond motifs is 1. The Morgan fingerprint density at radius 2 is 1.71 bits per heavy atom. The number of amidine groups is 1. The van der Waals surface area contributed by atoms with Crippen molar-refractivity contribution in [1.29, 1.82) is 0 Å². The van der Waals surface area contributed by atoms with E-state index in [-0.39, 0.29) is 10.7 Å². The molecule has 0 saturated heterocycles. The Kier molecular flexibility index (Phi) is 4.74. The van der Waals surface area contributed by atoms with Crippen LogP contribution in [0.2, 0.25) is 0 Å². The number of hydrogen-bond acceptors (Lipinski definition) is 5. The van der Waals surface area contributed by atoms with E-state index in [0.29, 0.717) is 27.0 Å². The van der Waals surface area contributed by atoms with Crippen molar-refractivity contribution in [1.82, 2.24) is 0 Å². The summed E-state index contributed by atoms with van der Waals surface area (Å²) in [4.78, 5) is 12.5. The smallest absolute Gasteiger partial charge is 0.344 e. The van der Waals surface area contributed by atoms with Crippen LogP contribution >= 0.6 is 15.9 Å². The Hall–Kier alpha value is -2.97. The van der Waals surface area contributed by atoms with E-state index in [1.54, 1.807) is 66.7 Å². The number of esters is 1. The molecule has 1 aliphatic rings. The molecule has 1 N–H and O–H groups in total. The molecule has 3 aromatic rings. The fraction of sp³-hybridized carbons (Fsp3) is 0. The molecule has 0 aliphatic carbocycles. The van der Waals surface area contributed by atoms with Gasteiger partial charge in [0.2, 0.25) is 0 Å². The monoisotopic (exact) mass is 456 g/mol. The first-order valence-electron chi connectivity index (χ1n) is 8.22. The number of nitrogens with one attached hydrogen (secondary N) is 1. The predicted octanol–water partition coefficient (Wildman–Crippen LogP) is 4.23. The van der Waals surface area contributed by atoms with Crippen molar-refractivity contribution in [2.45, 2.75) is 4.90 Å². The van der Waals surface area contributed by atoms with Gasteiger partial charge in [0.25, 0.3) is 10.0 Å². The average Bonchev–Trinajstić information content (AvgIpc) is 2.93. The van der Waals surface area contributed by atoms with Crippen LogP contribution in [-0.2, 0) is 10.0 Å². The topological polar surface area (TPSA) is 84.8 Å². The zero-order valence-corrected chi connectivity index (χ0v) is 16.7. The van der Waals surface area contributed by atoms with Crippen LogP contribution in [0.3, 0.4) is 0 Å². The SMILES string of the molecule is O=C(Oc1cccc(NC2=NS(=O)(=O)c3ccccc32)c1)c1ccccc1Br. The zero-order chi connectivity index (χ0) is 19.7. The molecular formula is C20H13BrN2O4S. The van der Waals surface area contributed by atoms with Gasteiger partial charge in [-0.05, 0) is 52.3 Å². The Morgan fingerprint density at radius 3 is 2.54 bits per heavy atom. The molecule has 140 valence electrons. The molecule has 0 radical (unpaired) electrons. The van der Waals surface area contributed by atoms with Gasteiger partial charge < -0.3 is 10.1 Å². The summed E-state index contributed by atoms with van der Waals surface area (Å²) >= 11 is 3.32. The molecule has 0 saturated carbocycles. The molecule has 28 heavy (non-hydrogen) atoms. The fourth-order valence-corrected chi connectivity index (χ4v) is 4.38. The summed E-state index contributed by atoms with van der Waals surface area (Å²) in [5.74, 6) is 0.0427. The Labute approximate surface area is 170 Å². The van der Waals surface area contributed by atoms with Crippen LogP contribution < -0.4 is 10.1 Å². The maximum absolute atomic E-state index is 12.4. The highest BCUT2D eigenvalue weighted by Gasteiger charge is 2.28. The third-order valence-corrected chi connectivity index (χ3v) is 6.06. The quantitative estimate of drug-likeness (QED) is 0.470. The highest BCUT2D eigenvalue weighted by molar-refractivity contribution is 9.10. The number of rotatable bonds is 3. The molecule has 0 bridgehead atoms. The molecule has 4 rings (SSSR count). The van der Waals surface area contributed by atoms with Gasteiger partial charge in [-0.15, -0.1) is 4.40 Å². The van der Waals surface area contributed by atoms with Crippen LogP contribution in [0.25, 0.3) is 0 Å². The molecule has 0 fully saturated rings. The van der Waals surface area contributed by atoms with Crippen molar-refractivity contribution < 1.29 is 17.9 Å². The molecular weight excluding hydrogens is 444 g/mol. The molecule has 0 amide bonds. The number of sulfonamides is 1. The second-order valence-corrected chi connectivity index (χ2v) is 8.36. The lowest BCUT2D eigenvalue weighted by atomic mass is 10.2. The third-order valence-electron chi connectivity index (χ3n) is 4.03. The zero-order valence-electron chi connectivity index (χ0n) is 14.3. The van der Waals surface area contributed by atoms with Crippen molar-refractivity contribution in [3.8, 4) is 5.75 Å². The summed E-state index contributed by atoms with van der Waals surface area (Å²) < 4.78 is 34.2. The Bertz CT molecular complexity index is 1220. The van der Waals surface area contributed by atoms with Crippen LogP contribution in [0.15, 0.2) is 86.6 Å². The van der Waals surface area contributed by atoms with E-state index in [0.717, 1.165) is 0 Å². The normalized spacial score (nSPS) is 14.1. The molecule has 0 aromatic heterocycles. The van der Waals surface area contributed by atoms with Crippen LogP contribution in [0, 0.1) is 0 Å². The van der Waals surface area contributed by atoms with Crippen LogP contribution in [0.4, 0.5) is 5.69 Å². The maximum Gasteiger partial charge on any atom is 0.344 e. The number of ether oxygens (including phenoxy) is 1. The molecule has 3 aromatic carbocycles. The van der Waals surface area contributed by atoms with E-state index in [4.69, 9.17) is 4.74 Å². The lowest BCUT2D eigenvalue weighted by Gasteiger charge is -2.09. The van der Waals surface area contributed by atoms with E-state index in [1.165, 1.54) is 6.07 Å². The minimum Gasteiger partial charge on any atom is -0.423 e. The minimum atomic E-state index is -3.71. The number of carbonyl (C=O) groups is 1. The standard InChI is InChI=1S/C20H13BrN2O4S/c21-17-10-3-1-8-15(17)20(24)27-14-7-5-6-13(12-14)22-19-16-9-2-4-11-18(16)28(25,26)23-19/h1-12H,(H,22,23). The lowest BCUT2D eigenvalue weighted by Crippen LogP contribution is -2.12. The average molecular weight is 457 g/mol. The van der Waals surface area contributed by atoms with Crippen LogP contribution in [0.1, 0.15) is 15.9 Å². The molecule has 0 spiro atoms. The molecule has 0 atom stereocenters. The lowest BCUT2D eigenvalue weighted by molar-refractivity contribution is 0.0734. The largest absolute Gasteiger partial charge is 0.423 e. The summed E-state index contributed by atoms with van der Waals surface area (Å²) in [7, 11) is -3.71. The summed E-state index contributed by atoms with van der Waals surface area (Å²) in [5, 5.41) is 2.99. The van der Waals surface area contributed by atoms with Crippen molar-refractivity contribution in [3.05, 3.63) is 88.4 Å².